The molecular weight excluding hydrogens is 268 g/mol. The fourth-order valence-corrected chi connectivity index (χ4v) is 2.35. The van der Waals surface area contributed by atoms with Gasteiger partial charge in [-0.1, -0.05) is 26.7 Å². The molecule has 1 aromatic carbocycles. The quantitative estimate of drug-likeness (QED) is 0.753. The van der Waals surface area contributed by atoms with E-state index in [0.717, 1.165) is 0 Å². The Balaban J connectivity index is 3.21. The van der Waals surface area contributed by atoms with Crippen LogP contribution in [0.15, 0.2) is 18.2 Å². The van der Waals surface area contributed by atoms with E-state index >= 15 is 0 Å². The number of ether oxygens (including phenoxy) is 1. The highest BCUT2D eigenvalue weighted by molar-refractivity contribution is 5.79. The van der Waals surface area contributed by atoms with Gasteiger partial charge in [-0.05, 0) is 29.7 Å². The normalized spacial score (nSPS) is 12.7. The molecule has 0 saturated carbocycles. The summed E-state index contributed by atoms with van der Waals surface area (Å²) in [6.07, 6.45) is 1.32. The molecule has 1 rings (SSSR count). The van der Waals surface area contributed by atoms with Gasteiger partial charge in [-0.3, -0.25) is 4.79 Å². The number of hydrogen-bond acceptors (Lipinski definition) is 3. The Kier molecular flexibility index (Phi) is 5.73. The molecule has 0 aliphatic carbocycles. The molecular formula is C14H19F2NO3. The van der Waals surface area contributed by atoms with Gasteiger partial charge in [0.15, 0.2) is 0 Å². The molecule has 112 valence electrons. The zero-order chi connectivity index (χ0) is 15.3. The molecule has 0 amide bonds. The second kappa shape index (κ2) is 7.07. The third-order valence-electron chi connectivity index (χ3n) is 3.40. The van der Waals surface area contributed by atoms with Gasteiger partial charge in [-0.25, -0.2) is 0 Å². The zero-order valence-corrected chi connectivity index (χ0v) is 11.5. The lowest BCUT2D eigenvalue weighted by Crippen LogP contribution is -2.22. The van der Waals surface area contributed by atoms with Crippen molar-refractivity contribution in [2.75, 3.05) is 5.73 Å². The van der Waals surface area contributed by atoms with Gasteiger partial charge in [-0.2, -0.15) is 8.78 Å². The molecule has 0 heterocycles. The minimum atomic E-state index is -2.96. The maximum absolute atomic E-state index is 12.2. The summed E-state index contributed by atoms with van der Waals surface area (Å²) in [5, 5.41) is 9.41. The van der Waals surface area contributed by atoms with Gasteiger partial charge in [0.25, 0.3) is 0 Å². The van der Waals surface area contributed by atoms with Crippen molar-refractivity contribution in [1.82, 2.24) is 0 Å². The van der Waals surface area contributed by atoms with Gasteiger partial charge < -0.3 is 15.6 Å². The number of halogens is 2. The van der Waals surface area contributed by atoms with Crippen molar-refractivity contribution in [3.05, 3.63) is 23.8 Å². The Morgan fingerprint density at radius 1 is 1.35 bits per heavy atom. The first-order valence-corrected chi connectivity index (χ1v) is 6.47. The lowest BCUT2D eigenvalue weighted by molar-refractivity contribution is -0.140. The van der Waals surface area contributed by atoms with Gasteiger partial charge in [0.05, 0.1) is 5.92 Å². The predicted octanol–water partition coefficient (Wildman–Crippen LogP) is 3.47. The molecule has 0 fully saturated rings. The van der Waals surface area contributed by atoms with Gasteiger partial charge in [-0.15, -0.1) is 0 Å². The first-order chi connectivity index (χ1) is 9.40. The first-order valence-electron chi connectivity index (χ1n) is 6.47. The summed E-state index contributed by atoms with van der Waals surface area (Å²) >= 11 is 0. The van der Waals surface area contributed by atoms with Crippen molar-refractivity contribution >= 4 is 11.7 Å². The largest absolute Gasteiger partial charge is 0.481 e. The van der Waals surface area contributed by atoms with Gasteiger partial charge in [0, 0.05) is 5.69 Å². The molecule has 1 unspecified atom stereocenters. The summed E-state index contributed by atoms with van der Waals surface area (Å²) in [5.74, 6) is -2.04. The predicted molar refractivity (Wildman–Crippen MR) is 71.9 cm³/mol. The average Bonchev–Trinajstić information content (AvgIpc) is 2.37. The molecule has 0 aliphatic rings. The van der Waals surface area contributed by atoms with E-state index in [0.29, 0.717) is 18.4 Å². The molecule has 0 radical (unpaired) electrons. The molecule has 20 heavy (non-hydrogen) atoms. The summed E-state index contributed by atoms with van der Waals surface area (Å²) in [6.45, 7) is 0.822. The van der Waals surface area contributed by atoms with E-state index in [2.05, 4.69) is 4.74 Å². The van der Waals surface area contributed by atoms with Crippen molar-refractivity contribution in [2.45, 2.75) is 39.2 Å². The number of alkyl halides is 2. The fraction of sp³-hybridized carbons (Fsp3) is 0.500. The van der Waals surface area contributed by atoms with E-state index in [4.69, 9.17) is 5.73 Å². The van der Waals surface area contributed by atoms with Crippen LogP contribution in [0.4, 0.5) is 14.5 Å². The number of rotatable bonds is 7. The Morgan fingerprint density at radius 2 is 1.95 bits per heavy atom. The second-order valence-electron chi connectivity index (χ2n) is 4.56. The van der Waals surface area contributed by atoms with Crippen LogP contribution < -0.4 is 10.5 Å². The highest BCUT2D eigenvalue weighted by Gasteiger charge is 2.29. The van der Waals surface area contributed by atoms with Crippen LogP contribution in [0.25, 0.3) is 0 Å². The van der Waals surface area contributed by atoms with Gasteiger partial charge in [0.2, 0.25) is 0 Å². The molecule has 0 spiro atoms. The van der Waals surface area contributed by atoms with Crippen LogP contribution in [0.3, 0.4) is 0 Å². The van der Waals surface area contributed by atoms with E-state index in [9.17, 15) is 18.7 Å². The number of carboxylic acid groups (broad SMARTS) is 1. The average molecular weight is 287 g/mol. The van der Waals surface area contributed by atoms with Gasteiger partial charge >= 0.3 is 12.6 Å². The lowest BCUT2D eigenvalue weighted by Gasteiger charge is -2.23. The highest BCUT2D eigenvalue weighted by Crippen LogP contribution is 2.35. The SMILES string of the molecule is CCC(CC)C(C(=O)O)c1cc(OC(F)F)ccc1N. The summed E-state index contributed by atoms with van der Waals surface area (Å²) in [7, 11) is 0. The Hall–Kier alpha value is -1.85. The van der Waals surface area contributed by atoms with E-state index < -0.39 is 18.5 Å². The van der Waals surface area contributed by atoms with E-state index in [1.165, 1.54) is 18.2 Å². The molecule has 0 bridgehead atoms. The van der Waals surface area contributed by atoms with Crippen LogP contribution in [-0.2, 0) is 4.79 Å². The third kappa shape index (κ3) is 3.82. The monoisotopic (exact) mass is 287 g/mol. The first kappa shape index (κ1) is 16.2. The minimum absolute atomic E-state index is 0.0820. The van der Waals surface area contributed by atoms with Crippen molar-refractivity contribution in [1.29, 1.82) is 0 Å². The van der Waals surface area contributed by atoms with Crippen LogP contribution in [-0.4, -0.2) is 17.7 Å². The van der Waals surface area contributed by atoms with Crippen molar-refractivity contribution < 1.29 is 23.4 Å². The maximum Gasteiger partial charge on any atom is 0.387 e. The minimum Gasteiger partial charge on any atom is -0.481 e. The Bertz CT molecular complexity index is 462. The number of carbonyl (C=O) groups is 1. The number of nitrogens with two attached hydrogens (primary N) is 1. The smallest absolute Gasteiger partial charge is 0.387 e. The van der Waals surface area contributed by atoms with Crippen molar-refractivity contribution in [3.63, 3.8) is 0 Å². The number of aliphatic carboxylic acids is 1. The Morgan fingerprint density at radius 3 is 2.40 bits per heavy atom. The van der Waals surface area contributed by atoms with Crippen LogP contribution >= 0.6 is 0 Å². The van der Waals surface area contributed by atoms with Crippen LogP contribution in [0.1, 0.15) is 38.2 Å². The highest BCUT2D eigenvalue weighted by atomic mass is 19.3. The van der Waals surface area contributed by atoms with E-state index in [-0.39, 0.29) is 17.4 Å². The molecule has 0 aromatic heterocycles. The summed E-state index contributed by atoms with van der Waals surface area (Å²) in [4.78, 5) is 11.5. The number of anilines is 1. The molecule has 1 aromatic rings. The number of carboxylic acids is 1. The lowest BCUT2D eigenvalue weighted by atomic mass is 9.82. The van der Waals surface area contributed by atoms with E-state index in [1.807, 2.05) is 13.8 Å². The van der Waals surface area contributed by atoms with Crippen LogP contribution in [0, 0.1) is 5.92 Å². The maximum atomic E-state index is 12.2. The number of nitrogen functional groups attached to an aromatic ring is 1. The standard InChI is InChI=1S/C14H19F2NO3/c1-3-8(4-2)12(13(18)19)10-7-9(20-14(15)16)5-6-11(10)17/h5-8,12,14H,3-4,17H2,1-2H3,(H,18,19). The molecule has 1 atom stereocenters. The van der Waals surface area contributed by atoms with Crippen molar-refractivity contribution in [2.24, 2.45) is 5.92 Å². The number of hydrogen-bond donors (Lipinski definition) is 2. The molecule has 4 nitrogen and oxygen atoms in total. The molecule has 0 saturated heterocycles. The van der Waals surface area contributed by atoms with Gasteiger partial charge in [0.1, 0.15) is 5.75 Å². The number of benzene rings is 1. The topological polar surface area (TPSA) is 72.5 Å². The molecule has 6 heteroatoms. The van der Waals surface area contributed by atoms with Crippen LogP contribution in [0.2, 0.25) is 0 Å². The molecule has 3 N–H and O–H groups in total. The summed E-state index contributed by atoms with van der Waals surface area (Å²) < 4.78 is 28.8. The second-order valence-corrected chi connectivity index (χ2v) is 4.56. The summed E-state index contributed by atoms with van der Waals surface area (Å²) in [6, 6.07) is 3.99. The third-order valence-corrected chi connectivity index (χ3v) is 3.40. The van der Waals surface area contributed by atoms with Crippen molar-refractivity contribution in [3.8, 4) is 5.75 Å². The van der Waals surface area contributed by atoms with Crippen LogP contribution in [0.5, 0.6) is 5.75 Å². The Labute approximate surface area is 116 Å². The molecule has 0 aliphatic heterocycles. The van der Waals surface area contributed by atoms with E-state index in [1.54, 1.807) is 0 Å². The fourth-order valence-electron chi connectivity index (χ4n) is 2.35. The zero-order valence-electron chi connectivity index (χ0n) is 11.5. The summed E-state index contributed by atoms with van der Waals surface area (Å²) in [5.41, 5.74) is 6.39.